The first-order chi connectivity index (χ1) is 5.98. The highest BCUT2D eigenvalue weighted by Gasteiger charge is 2.39. The molecule has 0 radical (unpaired) electrons. The number of rotatable bonds is 1. The third-order valence-corrected chi connectivity index (χ3v) is 1.94. The Morgan fingerprint density at radius 2 is 2.08 bits per heavy atom. The molecule has 1 aliphatic rings. The van der Waals surface area contributed by atoms with Crippen LogP contribution >= 0.6 is 0 Å². The average molecular weight is 182 g/mol. The summed E-state index contributed by atoms with van der Waals surface area (Å²) >= 11 is 0. The van der Waals surface area contributed by atoms with Crippen LogP contribution in [0.3, 0.4) is 0 Å². The van der Waals surface area contributed by atoms with Crippen molar-refractivity contribution in [3.05, 3.63) is 24.4 Å². The number of carboxylic acids is 1. The van der Waals surface area contributed by atoms with Crippen LogP contribution < -0.4 is 5.73 Å². The maximum Gasteiger partial charge on any atom is 0.333 e. The van der Waals surface area contributed by atoms with E-state index in [9.17, 15) is 9.59 Å². The third kappa shape index (κ3) is 1.40. The second kappa shape index (κ2) is 2.93. The van der Waals surface area contributed by atoms with E-state index in [0.29, 0.717) is 0 Å². The molecule has 3 N–H and O–H groups in total. The number of carbonyl (C=O) groups is 2. The van der Waals surface area contributed by atoms with Crippen LogP contribution in [0.2, 0.25) is 0 Å². The van der Waals surface area contributed by atoms with Gasteiger partial charge >= 0.3 is 12.0 Å². The molecule has 5 nitrogen and oxygen atoms in total. The lowest BCUT2D eigenvalue weighted by atomic mass is 9.98. The van der Waals surface area contributed by atoms with E-state index < -0.39 is 17.5 Å². The van der Waals surface area contributed by atoms with Gasteiger partial charge in [0, 0.05) is 6.20 Å². The Balaban J connectivity index is 3.07. The number of hydrogen-bond donors (Lipinski definition) is 2. The number of aliphatic carboxylic acids is 1. The largest absolute Gasteiger partial charge is 0.479 e. The van der Waals surface area contributed by atoms with Gasteiger partial charge in [0.15, 0.2) is 5.54 Å². The fraction of sp³-hybridized carbons (Fsp3) is 0.250. The first kappa shape index (κ1) is 9.31. The van der Waals surface area contributed by atoms with E-state index in [4.69, 9.17) is 10.8 Å². The molecule has 13 heavy (non-hydrogen) atoms. The van der Waals surface area contributed by atoms with Crippen LogP contribution in [0.15, 0.2) is 24.4 Å². The summed E-state index contributed by atoms with van der Waals surface area (Å²) in [5, 5.41) is 8.88. The molecule has 1 atom stereocenters. The van der Waals surface area contributed by atoms with Crippen LogP contribution in [-0.2, 0) is 4.79 Å². The van der Waals surface area contributed by atoms with Gasteiger partial charge in [-0.1, -0.05) is 6.08 Å². The normalized spacial score (nSPS) is 26.1. The van der Waals surface area contributed by atoms with Crippen molar-refractivity contribution in [3.63, 3.8) is 0 Å². The van der Waals surface area contributed by atoms with Crippen molar-refractivity contribution >= 4 is 12.0 Å². The van der Waals surface area contributed by atoms with E-state index >= 15 is 0 Å². The van der Waals surface area contributed by atoms with E-state index in [-0.39, 0.29) is 0 Å². The quantitative estimate of drug-likeness (QED) is 0.611. The molecule has 2 amide bonds. The molecule has 0 saturated heterocycles. The summed E-state index contributed by atoms with van der Waals surface area (Å²) in [5.41, 5.74) is 3.64. The van der Waals surface area contributed by atoms with Gasteiger partial charge in [-0.05, 0) is 19.1 Å². The Hall–Kier alpha value is -1.78. The van der Waals surface area contributed by atoms with Gasteiger partial charge in [-0.2, -0.15) is 0 Å². The number of nitrogens with zero attached hydrogens (tertiary/aromatic N) is 1. The minimum absolute atomic E-state index is 0.787. The average Bonchev–Trinajstić information content (AvgIpc) is 2.04. The van der Waals surface area contributed by atoms with Crippen molar-refractivity contribution in [2.45, 2.75) is 12.5 Å². The van der Waals surface area contributed by atoms with Crippen LogP contribution in [0.25, 0.3) is 0 Å². The molecule has 5 heteroatoms. The van der Waals surface area contributed by atoms with E-state index in [1.54, 1.807) is 12.2 Å². The number of urea groups is 1. The number of nitrogens with two attached hydrogens (primary N) is 1. The molecule has 1 heterocycles. The van der Waals surface area contributed by atoms with Crippen LogP contribution in [0.1, 0.15) is 6.92 Å². The van der Waals surface area contributed by atoms with Crippen LogP contribution in [-0.4, -0.2) is 27.5 Å². The van der Waals surface area contributed by atoms with Crippen molar-refractivity contribution < 1.29 is 14.7 Å². The summed E-state index contributed by atoms with van der Waals surface area (Å²) in [7, 11) is 0. The van der Waals surface area contributed by atoms with E-state index in [1.807, 2.05) is 0 Å². The van der Waals surface area contributed by atoms with Crippen molar-refractivity contribution in [2.24, 2.45) is 5.73 Å². The van der Waals surface area contributed by atoms with Crippen LogP contribution in [0.4, 0.5) is 4.79 Å². The SMILES string of the molecule is CC1(C(=O)O)C=CC=CN1C(N)=O. The molecule has 1 rings (SSSR count). The zero-order valence-electron chi connectivity index (χ0n) is 7.10. The fourth-order valence-electron chi connectivity index (χ4n) is 1.09. The molecule has 1 aliphatic heterocycles. The summed E-state index contributed by atoms with van der Waals surface area (Å²) in [4.78, 5) is 22.7. The fourth-order valence-corrected chi connectivity index (χ4v) is 1.09. The van der Waals surface area contributed by atoms with Crippen molar-refractivity contribution in [2.75, 3.05) is 0 Å². The summed E-state index contributed by atoms with van der Waals surface area (Å²) in [6.07, 6.45) is 5.86. The molecule has 0 saturated carbocycles. The number of hydrogen-bond acceptors (Lipinski definition) is 2. The summed E-state index contributed by atoms with van der Waals surface area (Å²) < 4.78 is 0. The maximum atomic E-state index is 10.9. The van der Waals surface area contributed by atoms with Crippen LogP contribution in [0.5, 0.6) is 0 Å². The lowest BCUT2D eigenvalue weighted by Crippen LogP contribution is -2.53. The first-order valence-corrected chi connectivity index (χ1v) is 3.66. The number of carbonyl (C=O) groups excluding carboxylic acids is 1. The van der Waals surface area contributed by atoms with E-state index in [1.165, 1.54) is 19.2 Å². The zero-order valence-corrected chi connectivity index (χ0v) is 7.10. The lowest BCUT2D eigenvalue weighted by Gasteiger charge is -2.33. The number of primary amides is 1. The van der Waals surface area contributed by atoms with Gasteiger partial charge in [-0.15, -0.1) is 0 Å². The van der Waals surface area contributed by atoms with Gasteiger partial charge in [-0.25, -0.2) is 9.59 Å². The first-order valence-electron chi connectivity index (χ1n) is 3.66. The van der Waals surface area contributed by atoms with Gasteiger partial charge in [0.1, 0.15) is 0 Å². The predicted molar refractivity (Wildman–Crippen MR) is 45.7 cm³/mol. The molecule has 0 fully saturated rings. The highest BCUT2D eigenvalue weighted by atomic mass is 16.4. The van der Waals surface area contributed by atoms with Gasteiger partial charge < -0.3 is 10.8 Å². The number of allylic oxidation sites excluding steroid dienone is 2. The molecule has 0 aliphatic carbocycles. The van der Waals surface area contributed by atoms with Crippen LogP contribution in [0, 0.1) is 0 Å². The molecule has 0 aromatic heterocycles. The Kier molecular flexibility index (Phi) is 2.10. The number of carboxylic acid groups (broad SMARTS) is 1. The molecular weight excluding hydrogens is 172 g/mol. The summed E-state index contributed by atoms with van der Waals surface area (Å²) in [6, 6.07) is -0.787. The summed E-state index contributed by atoms with van der Waals surface area (Å²) in [6.45, 7) is 1.40. The highest BCUT2D eigenvalue weighted by Crippen LogP contribution is 2.21. The second-order valence-corrected chi connectivity index (χ2v) is 2.86. The van der Waals surface area contributed by atoms with Gasteiger partial charge in [0.05, 0.1) is 0 Å². The molecule has 0 aromatic carbocycles. The Morgan fingerprint density at radius 1 is 1.46 bits per heavy atom. The molecular formula is C8H10N2O3. The third-order valence-electron chi connectivity index (χ3n) is 1.94. The Bertz CT molecular complexity index is 309. The molecule has 70 valence electrons. The van der Waals surface area contributed by atoms with E-state index in [2.05, 4.69) is 0 Å². The Labute approximate surface area is 75.1 Å². The van der Waals surface area contributed by atoms with Crippen molar-refractivity contribution in [1.82, 2.24) is 4.90 Å². The monoisotopic (exact) mass is 182 g/mol. The van der Waals surface area contributed by atoms with Gasteiger partial charge in [0.2, 0.25) is 0 Å². The minimum Gasteiger partial charge on any atom is -0.479 e. The molecule has 0 bridgehead atoms. The van der Waals surface area contributed by atoms with Gasteiger partial charge in [0.25, 0.3) is 0 Å². The standard InChI is InChI=1S/C8H10N2O3/c1-8(6(11)12)4-2-3-5-10(8)7(9)13/h2-5H,1H3,(H2,9,13)(H,11,12). The number of amides is 2. The topological polar surface area (TPSA) is 83.6 Å². The molecule has 1 unspecified atom stereocenters. The predicted octanol–water partition coefficient (Wildman–Crippen LogP) is 0.294. The minimum atomic E-state index is -1.37. The smallest absolute Gasteiger partial charge is 0.333 e. The second-order valence-electron chi connectivity index (χ2n) is 2.86. The highest BCUT2D eigenvalue weighted by molar-refractivity contribution is 5.88. The summed E-state index contributed by atoms with van der Waals surface area (Å²) in [5.74, 6) is -1.12. The zero-order chi connectivity index (χ0) is 10.1. The lowest BCUT2D eigenvalue weighted by molar-refractivity contribution is -0.144. The molecule has 0 aromatic rings. The van der Waals surface area contributed by atoms with E-state index in [0.717, 1.165) is 4.90 Å². The maximum absolute atomic E-state index is 10.9. The van der Waals surface area contributed by atoms with Crippen molar-refractivity contribution in [3.8, 4) is 0 Å². The molecule has 0 spiro atoms. The van der Waals surface area contributed by atoms with Crippen molar-refractivity contribution in [1.29, 1.82) is 0 Å². The van der Waals surface area contributed by atoms with Gasteiger partial charge in [-0.3, -0.25) is 4.90 Å². The Morgan fingerprint density at radius 3 is 2.46 bits per heavy atom.